The molecule has 0 bridgehead atoms. The van der Waals surface area contributed by atoms with E-state index in [4.69, 9.17) is 5.11 Å². The number of hydrogen-bond acceptors (Lipinski definition) is 5. The van der Waals surface area contributed by atoms with Crippen LogP contribution in [0.5, 0.6) is 0 Å². The highest BCUT2D eigenvalue weighted by Gasteiger charge is 2.31. The van der Waals surface area contributed by atoms with Gasteiger partial charge in [0.2, 0.25) is 0 Å². The van der Waals surface area contributed by atoms with Gasteiger partial charge in [0.05, 0.1) is 11.5 Å². The molecule has 9 heteroatoms. The van der Waals surface area contributed by atoms with Crippen molar-refractivity contribution in [2.75, 3.05) is 6.54 Å². The molecule has 2 atom stereocenters. The normalized spacial score (nSPS) is 15.3. The molecule has 0 radical (unpaired) electrons. The van der Waals surface area contributed by atoms with Crippen LogP contribution in [0.4, 0.5) is 4.79 Å². The first-order valence-electron chi connectivity index (χ1n) is 5.90. The van der Waals surface area contributed by atoms with Crippen molar-refractivity contribution in [3.63, 3.8) is 0 Å². The molecule has 1 rings (SSSR count). The number of hydrogen-bond donors (Lipinski definition) is 4. The predicted octanol–water partition coefficient (Wildman–Crippen LogP) is 0.0608. The number of carbonyl (C=O) groups is 2. The number of amides is 2. The van der Waals surface area contributed by atoms with E-state index < -0.39 is 23.5 Å². The first-order valence-corrected chi connectivity index (χ1v) is 5.90. The van der Waals surface area contributed by atoms with Gasteiger partial charge in [-0.25, -0.2) is 4.79 Å². The van der Waals surface area contributed by atoms with E-state index in [0.717, 1.165) is 0 Å². The number of H-pyrrole nitrogens is 1. The van der Waals surface area contributed by atoms with Gasteiger partial charge in [-0.1, -0.05) is 12.1 Å². The van der Waals surface area contributed by atoms with Gasteiger partial charge in [0.15, 0.2) is 5.82 Å². The van der Waals surface area contributed by atoms with Gasteiger partial charge >= 0.3 is 12.0 Å². The molecule has 0 saturated heterocycles. The van der Waals surface area contributed by atoms with E-state index in [1.807, 2.05) is 0 Å². The van der Waals surface area contributed by atoms with Crippen LogP contribution in [0.3, 0.4) is 0 Å². The molecule has 9 nitrogen and oxygen atoms in total. The third kappa shape index (κ3) is 3.90. The second kappa shape index (κ2) is 6.12. The molecule has 19 heavy (non-hydrogen) atoms. The van der Waals surface area contributed by atoms with Crippen molar-refractivity contribution in [2.24, 2.45) is 5.41 Å². The number of aromatic nitrogens is 4. The summed E-state index contributed by atoms with van der Waals surface area (Å²) in [5, 5.41) is 27.3. The zero-order chi connectivity index (χ0) is 14.5. The van der Waals surface area contributed by atoms with Crippen LogP contribution < -0.4 is 10.6 Å². The van der Waals surface area contributed by atoms with E-state index in [1.165, 1.54) is 0 Å². The fraction of sp³-hybridized carbons (Fsp3) is 0.700. The molecule has 0 aliphatic rings. The van der Waals surface area contributed by atoms with Crippen LogP contribution in [0.1, 0.15) is 39.1 Å². The van der Waals surface area contributed by atoms with Crippen molar-refractivity contribution in [1.82, 2.24) is 31.3 Å². The van der Waals surface area contributed by atoms with Gasteiger partial charge in [0.25, 0.3) is 0 Å². The minimum Gasteiger partial charge on any atom is -0.481 e. The molecule has 1 heterocycles. The van der Waals surface area contributed by atoms with Crippen molar-refractivity contribution in [3.8, 4) is 0 Å². The number of carboxylic acids is 1. The van der Waals surface area contributed by atoms with E-state index >= 15 is 0 Å². The van der Waals surface area contributed by atoms with Crippen LogP contribution >= 0.6 is 0 Å². The molecule has 106 valence electrons. The lowest BCUT2D eigenvalue weighted by atomic mass is 9.88. The maximum Gasteiger partial charge on any atom is 0.315 e. The van der Waals surface area contributed by atoms with Crippen LogP contribution in [0.2, 0.25) is 0 Å². The quantitative estimate of drug-likeness (QED) is 0.577. The molecule has 0 fully saturated rings. The Morgan fingerprint density at radius 3 is 2.68 bits per heavy atom. The van der Waals surface area contributed by atoms with E-state index in [1.54, 1.807) is 20.8 Å². The molecular weight excluding hydrogens is 252 g/mol. The Kier molecular flexibility index (Phi) is 4.79. The number of aliphatic carboxylic acids is 1. The van der Waals surface area contributed by atoms with Gasteiger partial charge in [-0.3, -0.25) is 4.79 Å². The number of rotatable bonds is 6. The van der Waals surface area contributed by atoms with Gasteiger partial charge < -0.3 is 15.7 Å². The van der Waals surface area contributed by atoms with Gasteiger partial charge in [-0.2, -0.15) is 5.21 Å². The Balaban J connectivity index is 2.46. The molecule has 4 N–H and O–H groups in total. The minimum atomic E-state index is -0.979. The SMILES string of the molecule is CCC(C)(CNC(=O)NC(C)c1nn[nH]n1)C(=O)O. The van der Waals surface area contributed by atoms with Crippen LogP contribution in [-0.4, -0.2) is 44.3 Å². The standard InChI is InChI=1S/C10H18N6O3/c1-4-10(3,8(17)18)5-11-9(19)12-6(2)7-13-15-16-14-7/h6H,4-5H2,1-3H3,(H,17,18)(H2,11,12,19)(H,13,14,15,16). The maximum atomic E-state index is 11.6. The monoisotopic (exact) mass is 270 g/mol. The van der Waals surface area contributed by atoms with Gasteiger partial charge in [0.1, 0.15) is 0 Å². The summed E-state index contributed by atoms with van der Waals surface area (Å²) in [6.45, 7) is 5.08. The second-order valence-electron chi connectivity index (χ2n) is 4.54. The molecule has 0 spiro atoms. The minimum absolute atomic E-state index is 0.0453. The van der Waals surface area contributed by atoms with E-state index in [2.05, 4.69) is 31.3 Å². The largest absolute Gasteiger partial charge is 0.481 e. The summed E-state index contributed by atoms with van der Waals surface area (Å²) in [5.74, 6) is -0.590. The third-order valence-electron chi connectivity index (χ3n) is 3.03. The third-order valence-corrected chi connectivity index (χ3v) is 3.03. The topological polar surface area (TPSA) is 133 Å². The number of carbonyl (C=O) groups excluding carboxylic acids is 1. The number of tetrazole rings is 1. The first kappa shape index (κ1) is 14.9. The molecule has 1 aromatic heterocycles. The van der Waals surface area contributed by atoms with Crippen molar-refractivity contribution in [1.29, 1.82) is 0 Å². The highest BCUT2D eigenvalue weighted by Crippen LogP contribution is 2.19. The highest BCUT2D eigenvalue weighted by molar-refractivity contribution is 5.77. The van der Waals surface area contributed by atoms with Gasteiger partial charge in [-0.05, 0) is 20.3 Å². The summed E-state index contributed by atoms with van der Waals surface area (Å²) in [5.41, 5.74) is -0.979. The van der Waals surface area contributed by atoms with Crippen molar-refractivity contribution in [3.05, 3.63) is 5.82 Å². The molecule has 1 aromatic rings. The van der Waals surface area contributed by atoms with Crippen LogP contribution in [0, 0.1) is 5.41 Å². The Labute approximate surface area is 110 Å². The summed E-state index contributed by atoms with van der Waals surface area (Å²) < 4.78 is 0. The molecule has 0 aliphatic heterocycles. The van der Waals surface area contributed by atoms with Crippen molar-refractivity contribution in [2.45, 2.75) is 33.2 Å². The Morgan fingerprint density at radius 2 is 2.21 bits per heavy atom. The average Bonchev–Trinajstić information content (AvgIpc) is 2.89. The lowest BCUT2D eigenvalue weighted by Crippen LogP contribution is -2.45. The van der Waals surface area contributed by atoms with Gasteiger partial charge in [0, 0.05) is 6.54 Å². The van der Waals surface area contributed by atoms with Gasteiger partial charge in [-0.15, -0.1) is 10.2 Å². The Bertz CT molecular complexity index is 434. The predicted molar refractivity (Wildman–Crippen MR) is 65.2 cm³/mol. The summed E-state index contributed by atoms with van der Waals surface area (Å²) in [6, 6.07) is -0.894. The lowest BCUT2D eigenvalue weighted by molar-refractivity contribution is -0.147. The lowest BCUT2D eigenvalue weighted by Gasteiger charge is -2.23. The van der Waals surface area contributed by atoms with E-state index in [9.17, 15) is 9.59 Å². The summed E-state index contributed by atoms with van der Waals surface area (Å²) >= 11 is 0. The number of nitrogens with one attached hydrogen (secondary N) is 3. The average molecular weight is 270 g/mol. The van der Waals surface area contributed by atoms with E-state index in [0.29, 0.717) is 12.2 Å². The number of nitrogens with zero attached hydrogens (tertiary/aromatic N) is 3. The molecule has 0 saturated carbocycles. The molecule has 0 aromatic carbocycles. The Hall–Kier alpha value is -2.19. The number of urea groups is 1. The molecule has 0 aliphatic carbocycles. The van der Waals surface area contributed by atoms with Crippen molar-refractivity contribution < 1.29 is 14.7 Å². The fourth-order valence-corrected chi connectivity index (χ4v) is 1.29. The van der Waals surface area contributed by atoms with Crippen LogP contribution in [0.15, 0.2) is 0 Å². The molecule has 2 unspecified atom stereocenters. The molecule has 2 amide bonds. The highest BCUT2D eigenvalue weighted by atomic mass is 16.4. The Morgan fingerprint density at radius 1 is 1.53 bits per heavy atom. The zero-order valence-electron chi connectivity index (χ0n) is 11.1. The van der Waals surface area contributed by atoms with E-state index in [-0.39, 0.29) is 6.54 Å². The smallest absolute Gasteiger partial charge is 0.315 e. The fourth-order valence-electron chi connectivity index (χ4n) is 1.29. The summed E-state index contributed by atoms with van der Waals surface area (Å²) in [7, 11) is 0. The summed E-state index contributed by atoms with van der Waals surface area (Å²) in [6.07, 6.45) is 0.420. The first-order chi connectivity index (χ1) is 8.89. The number of carboxylic acid groups (broad SMARTS) is 1. The number of aromatic amines is 1. The van der Waals surface area contributed by atoms with Crippen LogP contribution in [0.25, 0.3) is 0 Å². The maximum absolute atomic E-state index is 11.6. The summed E-state index contributed by atoms with van der Waals surface area (Å²) in [4.78, 5) is 22.7. The van der Waals surface area contributed by atoms with Crippen molar-refractivity contribution >= 4 is 12.0 Å². The second-order valence-corrected chi connectivity index (χ2v) is 4.54. The van der Waals surface area contributed by atoms with Crippen LogP contribution in [-0.2, 0) is 4.79 Å². The zero-order valence-corrected chi connectivity index (χ0v) is 11.1. The molecular formula is C10H18N6O3.